The summed E-state index contributed by atoms with van der Waals surface area (Å²) in [7, 11) is 0. The fraction of sp³-hybridized carbons (Fsp3) is 0.364. The average Bonchev–Trinajstić information content (AvgIpc) is 2.69. The maximum atomic E-state index is 12.2. The van der Waals surface area contributed by atoms with Crippen LogP contribution >= 0.6 is 0 Å². The molecule has 0 unspecified atom stereocenters. The largest absolute Gasteiger partial charge is 0.573 e. The van der Waals surface area contributed by atoms with Crippen LogP contribution in [0.1, 0.15) is 38.5 Å². The zero-order valence-corrected chi connectivity index (χ0v) is 16.9. The van der Waals surface area contributed by atoms with Crippen molar-refractivity contribution in [1.82, 2.24) is 0 Å². The predicted molar refractivity (Wildman–Crippen MR) is 106 cm³/mol. The highest BCUT2D eigenvalue weighted by atomic mass is 19.4. The number of anilines is 1. The molecule has 10 heteroatoms. The Labute approximate surface area is 180 Å². The summed E-state index contributed by atoms with van der Waals surface area (Å²) in [5.74, 6) is -2.35. The van der Waals surface area contributed by atoms with Crippen LogP contribution < -0.4 is 10.1 Å². The van der Waals surface area contributed by atoms with Crippen molar-refractivity contribution in [2.75, 3.05) is 5.32 Å². The van der Waals surface area contributed by atoms with Gasteiger partial charge in [0.2, 0.25) is 11.7 Å². The second kappa shape index (κ2) is 11.0. The van der Waals surface area contributed by atoms with Crippen LogP contribution in [0.2, 0.25) is 0 Å². The van der Waals surface area contributed by atoms with Crippen molar-refractivity contribution in [3.63, 3.8) is 0 Å². The van der Waals surface area contributed by atoms with Crippen LogP contribution in [0.4, 0.5) is 32.0 Å². The molecular formula is C22H21F6NO3. The quantitative estimate of drug-likeness (QED) is 0.318. The Morgan fingerprint density at radius 2 is 1.41 bits per heavy atom. The van der Waals surface area contributed by atoms with Crippen molar-refractivity contribution in [1.29, 1.82) is 0 Å². The zero-order valence-electron chi connectivity index (χ0n) is 16.9. The van der Waals surface area contributed by atoms with E-state index in [1.165, 1.54) is 24.3 Å². The van der Waals surface area contributed by atoms with Gasteiger partial charge in [-0.3, -0.25) is 9.59 Å². The Hall–Kier alpha value is -3.04. The Morgan fingerprint density at radius 3 is 2.00 bits per heavy atom. The van der Waals surface area contributed by atoms with Crippen LogP contribution in [0.3, 0.4) is 0 Å². The third-order valence-electron chi connectivity index (χ3n) is 4.44. The summed E-state index contributed by atoms with van der Waals surface area (Å²) in [6.45, 7) is 0. The van der Waals surface area contributed by atoms with Gasteiger partial charge in [-0.25, -0.2) is 0 Å². The molecule has 2 rings (SSSR count). The highest BCUT2D eigenvalue weighted by Gasteiger charge is 2.37. The van der Waals surface area contributed by atoms with Gasteiger partial charge >= 0.3 is 12.5 Å². The van der Waals surface area contributed by atoms with E-state index >= 15 is 0 Å². The number of amides is 1. The standard InChI is InChI=1S/C22H21F6NO3/c23-21(24,25)19(30)8-3-1-2-4-9-20(31)29-17-7-5-6-16(14-17)15-10-12-18(13-11-15)32-22(26,27)28/h5-7,10-14H,1-4,8-9H2,(H,29,31). The van der Waals surface area contributed by atoms with Gasteiger partial charge in [0.1, 0.15) is 5.75 Å². The third-order valence-corrected chi connectivity index (χ3v) is 4.44. The van der Waals surface area contributed by atoms with Gasteiger partial charge in [0.15, 0.2) is 0 Å². The predicted octanol–water partition coefficient (Wildman–Crippen LogP) is 6.66. The first-order chi connectivity index (χ1) is 14.9. The molecule has 1 N–H and O–H groups in total. The summed E-state index contributed by atoms with van der Waals surface area (Å²) in [5, 5.41) is 2.71. The van der Waals surface area contributed by atoms with E-state index in [1.807, 2.05) is 0 Å². The van der Waals surface area contributed by atoms with E-state index in [9.17, 15) is 35.9 Å². The molecule has 0 radical (unpaired) electrons. The normalized spacial score (nSPS) is 11.8. The van der Waals surface area contributed by atoms with Gasteiger partial charge in [0.05, 0.1) is 0 Å². The Bertz CT molecular complexity index is 907. The van der Waals surface area contributed by atoms with E-state index in [-0.39, 0.29) is 24.5 Å². The number of hydrogen-bond donors (Lipinski definition) is 1. The fourth-order valence-electron chi connectivity index (χ4n) is 2.92. The number of Topliss-reactive ketones (excluding diaryl/α,β-unsaturated/α-hetero) is 1. The Balaban J connectivity index is 1.79. The van der Waals surface area contributed by atoms with Gasteiger partial charge in [-0.05, 0) is 48.2 Å². The first kappa shape index (κ1) is 25.2. The number of carbonyl (C=O) groups excluding carboxylic acids is 2. The summed E-state index contributed by atoms with van der Waals surface area (Å²) < 4.78 is 76.9. The van der Waals surface area contributed by atoms with Crippen LogP contribution in [0.15, 0.2) is 48.5 Å². The van der Waals surface area contributed by atoms with Gasteiger partial charge in [0.25, 0.3) is 0 Å². The molecule has 0 aromatic heterocycles. The molecule has 0 heterocycles. The average molecular weight is 461 g/mol. The lowest BCUT2D eigenvalue weighted by molar-refractivity contribution is -0.274. The molecule has 0 atom stereocenters. The summed E-state index contributed by atoms with van der Waals surface area (Å²) in [5.41, 5.74) is 1.80. The molecule has 0 aliphatic carbocycles. The molecule has 0 aliphatic heterocycles. The number of halogens is 6. The summed E-state index contributed by atoms with van der Waals surface area (Å²) in [6.07, 6.45) is -8.43. The van der Waals surface area contributed by atoms with Crippen molar-refractivity contribution in [3.8, 4) is 16.9 Å². The summed E-state index contributed by atoms with van der Waals surface area (Å²) >= 11 is 0. The van der Waals surface area contributed by atoms with Crippen molar-refractivity contribution < 1.29 is 40.7 Å². The smallest absolute Gasteiger partial charge is 0.406 e. The van der Waals surface area contributed by atoms with Crippen molar-refractivity contribution in [2.45, 2.75) is 51.1 Å². The van der Waals surface area contributed by atoms with Gasteiger partial charge in [-0.1, -0.05) is 37.1 Å². The van der Waals surface area contributed by atoms with E-state index in [4.69, 9.17) is 0 Å². The number of carbonyl (C=O) groups is 2. The van der Waals surface area contributed by atoms with Crippen LogP contribution in [0.5, 0.6) is 5.75 Å². The van der Waals surface area contributed by atoms with Gasteiger partial charge in [-0.15, -0.1) is 13.2 Å². The van der Waals surface area contributed by atoms with Gasteiger partial charge in [0, 0.05) is 18.5 Å². The summed E-state index contributed by atoms with van der Waals surface area (Å²) in [6, 6.07) is 12.1. The number of alkyl halides is 6. The van der Waals surface area contributed by atoms with E-state index in [0.29, 0.717) is 36.1 Å². The lowest BCUT2D eigenvalue weighted by atomic mass is 10.0. The van der Waals surface area contributed by atoms with Crippen molar-refractivity contribution in [2.24, 2.45) is 0 Å². The van der Waals surface area contributed by atoms with E-state index in [0.717, 1.165) is 0 Å². The highest BCUT2D eigenvalue weighted by Crippen LogP contribution is 2.28. The molecular weight excluding hydrogens is 440 g/mol. The Kier molecular flexibility index (Phi) is 8.68. The van der Waals surface area contributed by atoms with Gasteiger partial charge in [-0.2, -0.15) is 13.2 Å². The molecule has 2 aromatic carbocycles. The summed E-state index contributed by atoms with van der Waals surface area (Å²) in [4.78, 5) is 22.8. The number of ketones is 1. The molecule has 2 aromatic rings. The second-order valence-corrected chi connectivity index (χ2v) is 7.04. The molecule has 4 nitrogen and oxygen atoms in total. The van der Waals surface area contributed by atoms with Crippen molar-refractivity contribution >= 4 is 17.4 Å². The lowest BCUT2D eigenvalue weighted by Crippen LogP contribution is -2.22. The Morgan fingerprint density at radius 1 is 0.781 bits per heavy atom. The molecule has 0 spiro atoms. The number of rotatable bonds is 10. The lowest BCUT2D eigenvalue weighted by Gasteiger charge is -2.10. The number of hydrogen-bond acceptors (Lipinski definition) is 3. The number of unbranched alkanes of at least 4 members (excludes halogenated alkanes) is 3. The SMILES string of the molecule is O=C(CCCCCCC(=O)C(F)(F)F)Nc1cccc(-c2ccc(OC(F)(F)F)cc2)c1. The second-order valence-electron chi connectivity index (χ2n) is 7.04. The van der Waals surface area contributed by atoms with Crippen LogP contribution in [-0.2, 0) is 9.59 Å². The molecule has 0 saturated heterocycles. The topological polar surface area (TPSA) is 55.4 Å². The number of benzene rings is 2. The fourth-order valence-corrected chi connectivity index (χ4v) is 2.92. The molecule has 1 amide bonds. The number of ether oxygens (including phenoxy) is 1. The minimum atomic E-state index is -4.80. The minimum absolute atomic E-state index is 0.120. The van der Waals surface area contributed by atoms with E-state index in [2.05, 4.69) is 10.1 Å². The molecule has 174 valence electrons. The highest BCUT2D eigenvalue weighted by molar-refractivity contribution is 5.91. The minimum Gasteiger partial charge on any atom is -0.406 e. The molecule has 0 bridgehead atoms. The maximum Gasteiger partial charge on any atom is 0.573 e. The van der Waals surface area contributed by atoms with Crippen molar-refractivity contribution in [3.05, 3.63) is 48.5 Å². The van der Waals surface area contributed by atoms with Gasteiger partial charge < -0.3 is 10.1 Å². The van der Waals surface area contributed by atoms with Crippen LogP contribution in [0, 0.1) is 0 Å². The first-order valence-corrected chi connectivity index (χ1v) is 9.80. The zero-order chi connectivity index (χ0) is 23.8. The molecule has 0 aliphatic rings. The molecule has 0 saturated carbocycles. The molecule has 32 heavy (non-hydrogen) atoms. The van der Waals surface area contributed by atoms with E-state index in [1.54, 1.807) is 24.3 Å². The van der Waals surface area contributed by atoms with E-state index < -0.39 is 24.7 Å². The van der Waals surface area contributed by atoms with Crippen LogP contribution in [-0.4, -0.2) is 24.2 Å². The monoisotopic (exact) mass is 461 g/mol. The van der Waals surface area contributed by atoms with Crippen LogP contribution in [0.25, 0.3) is 11.1 Å². The number of nitrogens with one attached hydrogen (secondary N) is 1. The maximum absolute atomic E-state index is 12.2. The molecule has 0 fully saturated rings. The first-order valence-electron chi connectivity index (χ1n) is 9.80. The third kappa shape index (κ3) is 8.99.